The van der Waals surface area contributed by atoms with Gasteiger partial charge in [0.1, 0.15) is 5.82 Å². The maximum absolute atomic E-state index is 13.9. The summed E-state index contributed by atoms with van der Waals surface area (Å²) in [5, 5.41) is 0.117. The highest BCUT2D eigenvalue weighted by Crippen LogP contribution is 2.26. The molecule has 2 aromatic carbocycles. The van der Waals surface area contributed by atoms with Crippen molar-refractivity contribution in [1.29, 1.82) is 0 Å². The number of benzene rings is 2. The SMILES string of the molecule is CC(NS(=O)(=O)Cc1c(F)cccc1Cl)c1ccc2c(c1)CCCC2. The monoisotopic (exact) mass is 381 g/mol. The summed E-state index contributed by atoms with van der Waals surface area (Å²) in [6.45, 7) is 1.80. The van der Waals surface area contributed by atoms with E-state index in [-0.39, 0.29) is 16.6 Å². The lowest BCUT2D eigenvalue weighted by atomic mass is 9.89. The number of nitrogens with one attached hydrogen (secondary N) is 1. The van der Waals surface area contributed by atoms with Crippen molar-refractivity contribution in [3.8, 4) is 0 Å². The highest BCUT2D eigenvalue weighted by molar-refractivity contribution is 7.88. The second-order valence-corrected chi connectivity index (χ2v) is 8.70. The lowest BCUT2D eigenvalue weighted by molar-refractivity contribution is 0.561. The Labute approximate surface area is 153 Å². The fraction of sp³-hybridized carbons (Fsp3) is 0.368. The summed E-state index contributed by atoms with van der Waals surface area (Å²) in [6.07, 6.45) is 4.50. The van der Waals surface area contributed by atoms with Gasteiger partial charge in [0.25, 0.3) is 0 Å². The van der Waals surface area contributed by atoms with Crippen LogP contribution in [0.5, 0.6) is 0 Å². The number of hydrogen-bond donors (Lipinski definition) is 1. The van der Waals surface area contributed by atoms with E-state index in [1.165, 1.54) is 42.2 Å². The van der Waals surface area contributed by atoms with Crippen LogP contribution < -0.4 is 4.72 Å². The summed E-state index contributed by atoms with van der Waals surface area (Å²) in [4.78, 5) is 0. The average Bonchev–Trinajstić information content (AvgIpc) is 2.57. The van der Waals surface area contributed by atoms with Crippen molar-refractivity contribution >= 4 is 21.6 Å². The zero-order valence-corrected chi connectivity index (χ0v) is 15.6. The molecule has 1 aliphatic rings. The third-order valence-corrected chi connectivity index (χ3v) is 6.36. The maximum Gasteiger partial charge on any atom is 0.216 e. The molecule has 1 N–H and O–H groups in total. The number of rotatable bonds is 5. The van der Waals surface area contributed by atoms with Gasteiger partial charge < -0.3 is 0 Å². The van der Waals surface area contributed by atoms with E-state index in [4.69, 9.17) is 11.6 Å². The van der Waals surface area contributed by atoms with E-state index in [1.54, 1.807) is 6.92 Å². The minimum Gasteiger partial charge on any atom is -0.212 e. The molecule has 1 atom stereocenters. The van der Waals surface area contributed by atoms with Crippen LogP contribution in [-0.4, -0.2) is 8.42 Å². The van der Waals surface area contributed by atoms with Crippen LogP contribution in [0.3, 0.4) is 0 Å². The summed E-state index contributed by atoms with van der Waals surface area (Å²) >= 11 is 5.94. The van der Waals surface area contributed by atoms with E-state index in [9.17, 15) is 12.8 Å². The van der Waals surface area contributed by atoms with Crippen LogP contribution in [0.4, 0.5) is 4.39 Å². The fourth-order valence-electron chi connectivity index (χ4n) is 3.26. The molecule has 0 saturated carbocycles. The van der Waals surface area contributed by atoms with Crippen LogP contribution >= 0.6 is 11.6 Å². The fourth-order valence-corrected chi connectivity index (χ4v) is 5.00. The Kier molecular flexibility index (Phi) is 5.46. The molecule has 2 aromatic rings. The first-order valence-electron chi connectivity index (χ1n) is 8.40. The van der Waals surface area contributed by atoms with Gasteiger partial charge in [0, 0.05) is 16.6 Å². The van der Waals surface area contributed by atoms with Crippen LogP contribution in [0.25, 0.3) is 0 Å². The molecule has 3 nitrogen and oxygen atoms in total. The molecule has 25 heavy (non-hydrogen) atoms. The zero-order chi connectivity index (χ0) is 18.0. The van der Waals surface area contributed by atoms with E-state index in [2.05, 4.69) is 16.9 Å². The molecule has 0 radical (unpaired) electrons. The van der Waals surface area contributed by atoms with Gasteiger partial charge in [-0.15, -0.1) is 0 Å². The molecular weight excluding hydrogens is 361 g/mol. The van der Waals surface area contributed by atoms with Crippen molar-refractivity contribution in [1.82, 2.24) is 4.72 Å². The Hall–Kier alpha value is -1.43. The molecule has 3 rings (SSSR count). The summed E-state index contributed by atoms with van der Waals surface area (Å²) in [6, 6.07) is 9.90. The molecule has 0 aliphatic heterocycles. The van der Waals surface area contributed by atoms with Gasteiger partial charge in [0.15, 0.2) is 0 Å². The first kappa shape index (κ1) is 18.4. The molecule has 0 saturated heterocycles. The molecule has 0 heterocycles. The van der Waals surface area contributed by atoms with Crippen molar-refractivity contribution < 1.29 is 12.8 Å². The Morgan fingerprint density at radius 1 is 1.16 bits per heavy atom. The van der Waals surface area contributed by atoms with Gasteiger partial charge in [-0.2, -0.15) is 0 Å². The third kappa shape index (κ3) is 4.40. The zero-order valence-electron chi connectivity index (χ0n) is 14.1. The number of sulfonamides is 1. The van der Waals surface area contributed by atoms with Gasteiger partial charge in [-0.25, -0.2) is 17.5 Å². The lowest BCUT2D eigenvalue weighted by Gasteiger charge is -2.20. The number of halogens is 2. The van der Waals surface area contributed by atoms with E-state index in [1.807, 2.05) is 6.07 Å². The standard InChI is InChI=1S/C19H21ClFNO2S/c1-13(15-10-9-14-5-2-3-6-16(14)11-15)22-25(23,24)12-17-18(20)7-4-8-19(17)21/h4,7-11,13,22H,2-3,5-6,12H2,1H3. The predicted molar refractivity (Wildman–Crippen MR) is 98.7 cm³/mol. The van der Waals surface area contributed by atoms with Gasteiger partial charge in [0.2, 0.25) is 10.0 Å². The second-order valence-electron chi connectivity index (χ2n) is 6.53. The quantitative estimate of drug-likeness (QED) is 0.826. The molecule has 0 fully saturated rings. The minimum absolute atomic E-state index is 0.00527. The van der Waals surface area contributed by atoms with Crippen molar-refractivity contribution in [2.75, 3.05) is 0 Å². The molecule has 0 aromatic heterocycles. The van der Waals surface area contributed by atoms with Crippen LogP contribution in [0.15, 0.2) is 36.4 Å². The highest BCUT2D eigenvalue weighted by atomic mass is 35.5. The smallest absolute Gasteiger partial charge is 0.212 e. The van der Waals surface area contributed by atoms with Gasteiger partial charge in [-0.05, 0) is 61.4 Å². The molecular formula is C19H21ClFNO2S. The summed E-state index contributed by atoms with van der Waals surface area (Å²) in [5.74, 6) is -1.09. The molecule has 1 aliphatic carbocycles. The molecule has 0 amide bonds. The van der Waals surface area contributed by atoms with Crippen molar-refractivity contribution in [2.24, 2.45) is 0 Å². The van der Waals surface area contributed by atoms with Crippen molar-refractivity contribution in [2.45, 2.75) is 44.4 Å². The second kappa shape index (κ2) is 7.44. The van der Waals surface area contributed by atoms with Gasteiger partial charge in [-0.3, -0.25) is 0 Å². The minimum atomic E-state index is -3.72. The van der Waals surface area contributed by atoms with Gasteiger partial charge in [0.05, 0.1) is 5.75 Å². The third-order valence-electron chi connectivity index (χ3n) is 4.62. The molecule has 0 spiro atoms. The Morgan fingerprint density at radius 3 is 2.60 bits per heavy atom. The summed E-state index contributed by atoms with van der Waals surface area (Å²) < 4.78 is 41.4. The normalized spacial score (nSPS) is 15.6. The number of fused-ring (bicyclic) bond motifs is 1. The van der Waals surface area contributed by atoms with Crippen molar-refractivity contribution in [3.05, 3.63) is 69.5 Å². The molecule has 6 heteroatoms. The Bertz CT molecular complexity index is 863. The largest absolute Gasteiger partial charge is 0.216 e. The van der Waals surface area contributed by atoms with Crippen molar-refractivity contribution in [3.63, 3.8) is 0 Å². The molecule has 1 unspecified atom stereocenters. The van der Waals surface area contributed by atoms with E-state index >= 15 is 0 Å². The lowest BCUT2D eigenvalue weighted by Crippen LogP contribution is -2.28. The van der Waals surface area contributed by atoms with Crippen LogP contribution in [0.2, 0.25) is 5.02 Å². The van der Waals surface area contributed by atoms with Gasteiger partial charge >= 0.3 is 0 Å². The summed E-state index contributed by atoms with van der Waals surface area (Å²) in [5.41, 5.74) is 3.56. The first-order chi connectivity index (χ1) is 11.9. The number of hydrogen-bond acceptors (Lipinski definition) is 2. The number of aryl methyl sites for hydroxylation is 2. The maximum atomic E-state index is 13.9. The predicted octanol–water partition coefficient (Wildman–Crippen LogP) is 4.54. The molecule has 0 bridgehead atoms. The molecule has 134 valence electrons. The Morgan fingerprint density at radius 2 is 1.88 bits per heavy atom. The van der Waals surface area contributed by atoms with E-state index in [0.717, 1.165) is 18.4 Å². The van der Waals surface area contributed by atoms with Gasteiger partial charge in [-0.1, -0.05) is 35.9 Å². The van der Waals surface area contributed by atoms with Crippen LogP contribution in [0.1, 0.15) is 48.1 Å². The highest BCUT2D eigenvalue weighted by Gasteiger charge is 2.21. The summed E-state index contributed by atoms with van der Waals surface area (Å²) in [7, 11) is -3.72. The first-order valence-corrected chi connectivity index (χ1v) is 10.4. The van der Waals surface area contributed by atoms with E-state index < -0.39 is 21.6 Å². The van der Waals surface area contributed by atoms with Crippen LogP contribution in [-0.2, 0) is 28.6 Å². The van der Waals surface area contributed by atoms with E-state index in [0.29, 0.717) is 0 Å². The average molecular weight is 382 g/mol. The van der Waals surface area contributed by atoms with Crippen LogP contribution in [0, 0.1) is 5.82 Å². The topological polar surface area (TPSA) is 46.2 Å². The Balaban J connectivity index is 1.76.